The van der Waals surface area contributed by atoms with E-state index in [2.05, 4.69) is 16.3 Å². The van der Waals surface area contributed by atoms with Gasteiger partial charge in [0.2, 0.25) is 15.9 Å². The third-order valence-corrected chi connectivity index (χ3v) is 8.14. The number of carbonyl (C=O) groups is 1. The first-order valence-corrected chi connectivity index (χ1v) is 11.9. The second-order valence-electron chi connectivity index (χ2n) is 8.00. The van der Waals surface area contributed by atoms with Crippen molar-refractivity contribution in [1.29, 1.82) is 0 Å². The van der Waals surface area contributed by atoms with E-state index < -0.39 is 10.0 Å². The number of carbonyl (C=O) groups excluding carboxylic acids is 1. The Labute approximate surface area is 172 Å². The van der Waals surface area contributed by atoms with E-state index in [4.69, 9.17) is 0 Å². The lowest BCUT2D eigenvalue weighted by Gasteiger charge is -2.31. The standard InChI is InChI=1S/C21H28N4O3S/c1-3-29(27,28)25-10-8-15(9-11-25)12-18-14-22-23-21(18)17-4-6-19-16(13-17)5-7-20(26)24(19)2/h4,6,13-15H,3,5,7-12H2,1-2H3,(H,22,23). The number of benzene rings is 1. The van der Waals surface area contributed by atoms with Crippen molar-refractivity contribution in [2.75, 3.05) is 30.8 Å². The van der Waals surface area contributed by atoms with Crippen LogP contribution in [-0.4, -0.2) is 54.7 Å². The van der Waals surface area contributed by atoms with Crippen LogP contribution in [0.5, 0.6) is 0 Å². The zero-order valence-corrected chi connectivity index (χ0v) is 17.8. The molecule has 4 rings (SSSR count). The molecule has 1 N–H and O–H groups in total. The fraction of sp³-hybridized carbons (Fsp3) is 0.524. The Bertz CT molecular complexity index is 1010. The summed E-state index contributed by atoms with van der Waals surface area (Å²) in [5, 5.41) is 7.49. The molecule has 29 heavy (non-hydrogen) atoms. The van der Waals surface area contributed by atoms with Crippen molar-refractivity contribution in [2.24, 2.45) is 5.92 Å². The predicted octanol–water partition coefficient (Wildman–Crippen LogP) is 2.59. The molecule has 1 fully saturated rings. The van der Waals surface area contributed by atoms with Crippen LogP contribution in [0.3, 0.4) is 0 Å². The highest BCUT2D eigenvalue weighted by Gasteiger charge is 2.28. The number of aromatic nitrogens is 2. The Morgan fingerprint density at radius 2 is 1.97 bits per heavy atom. The molecule has 2 aliphatic heterocycles. The zero-order valence-electron chi connectivity index (χ0n) is 17.0. The summed E-state index contributed by atoms with van der Waals surface area (Å²) in [4.78, 5) is 13.6. The van der Waals surface area contributed by atoms with Crippen LogP contribution in [0.4, 0.5) is 5.69 Å². The van der Waals surface area contributed by atoms with Crippen molar-refractivity contribution in [1.82, 2.24) is 14.5 Å². The van der Waals surface area contributed by atoms with Gasteiger partial charge in [-0.3, -0.25) is 9.89 Å². The van der Waals surface area contributed by atoms with Gasteiger partial charge in [0, 0.05) is 44.0 Å². The van der Waals surface area contributed by atoms with Gasteiger partial charge in [-0.05, 0) is 61.8 Å². The Morgan fingerprint density at radius 1 is 1.21 bits per heavy atom. The van der Waals surface area contributed by atoms with Gasteiger partial charge in [0.1, 0.15) is 0 Å². The van der Waals surface area contributed by atoms with Gasteiger partial charge in [-0.25, -0.2) is 12.7 Å². The van der Waals surface area contributed by atoms with Gasteiger partial charge >= 0.3 is 0 Å². The third-order valence-electron chi connectivity index (χ3n) is 6.26. The summed E-state index contributed by atoms with van der Waals surface area (Å²) in [6.07, 6.45) is 5.90. The molecular formula is C21H28N4O3S. The summed E-state index contributed by atoms with van der Waals surface area (Å²) >= 11 is 0. The van der Waals surface area contributed by atoms with E-state index >= 15 is 0 Å². The van der Waals surface area contributed by atoms with Crippen LogP contribution in [0.1, 0.15) is 37.3 Å². The van der Waals surface area contributed by atoms with Crippen LogP contribution >= 0.6 is 0 Å². The number of hydrogen-bond acceptors (Lipinski definition) is 4. The SMILES string of the molecule is CCS(=O)(=O)N1CCC(Cc2c[nH]nc2-c2ccc3c(c2)CCC(=O)N3C)CC1. The number of anilines is 1. The van der Waals surface area contributed by atoms with Gasteiger partial charge < -0.3 is 4.90 Å². The fourth-order valence-electron chi connectivity index (χ4n) is 4.41. The highest BCUT2D eigenvalue weighted by atomic mass is 32.2. The van der Waals surface area contributed by atoms with Crippen molar-refractivity contribution in [3.8, 4) is 11.3 Å². The average molecular weight is 417 g/mol. The van der Waals surface area contributed by atoms with Gasteiger partial charge in [-0.2, -0.15) is 5.10 Å². The smallest absolute Gasteiger partial charge is 0.227 e. The molecule has 0 bridgehead atoms. The molecule has 0 aliphatic carbocycles. The molecule has 156 valence electrons. The number of aryl methyl sites for hydroxylation is 1. The molecule has 0 atom stereocenters. The quantitative estimate of drug-likeness (QED) is 0.812. The van der Waals surface area contributed by atoms with E-state index in [0.717, 1.165) is 42.6 Å². The lowest BCUT2D eigenvalue weighted by atomic mass is 9.89. The van der Waals surface area contributed by atoms with Crippen LogP contribution in [0.15, 0.2) is 24.4 Å². The first kappa shape index (κ1) is 20.1. The van der Waals surface area contributed by atoms with Gasteiger partial charge in [0.05, 0.1) is 11.4 Å². The van der Waals surface area contributed by atoms with E-state index in [1.807, 2.05) is 25.4 Å². The minimum Gasteiger partial charge on any atom is -0.315 e. The van der Waals surface area contributed by atoms with E-state index in [9.17, 15) is 13.2 Å². The summed E-state index contributed by atoms with van der Waals surface area (Å²) in [7, 11) is -1.26. The molecule has 1 aromatic heterocycles. The second kappa shape index (κ2) is 7.91. The first-order valence-electron chi connectivity index (χ1n) is 10.3. The van der Waals surface area contributed by atoms with Crippen LogP contribution in [0.25, 0.3) is 11.3 Å². The highest BCUT2D eigenvalue weighted by Crippen LogP contribution is 2.33. The maximum atomic E-state index is 12.1. The van der Waals surface area contributed by atoms with Crippen molar-refractivity contribution in [2.45, 2.75) is 39.0 Å². The molecular weight excluding hydrogens is 388 g/mol. The Hall–Kier alpha value is -2.19. The summed E-state index contributed by atoms with van der Waals surface area (Å²) < 4.78 is 25.8. The number of nitrogens with zero attached hydrogens (tertiary/aromatic N) is 3. The average Bonchev–Trinajstić information content (AvgIpc) is 3.19. The molecule has 1 amide bonds. The van der Waals surface area contributed by atoms with Gasteiger partial charge in [0.15, 0.2) is 0 Å². The molecule has 3 heterocycles. The molecule has 8 heteroatoms. The predicted molar refractivity (Wildman–Crippen MR) is 113 cm³/mol. The second-order valence-corrected chi connectivity index (χ2v) is 10.3. The van der Waals surface area contributed by atoms with Crippen molar-refractivity contribution < 1.29 is 13.2 Å². The highest BCUT2D eigenvalue weighted by molar-refractivity contribution is 7.89. The monoisotopic (exact) mass is 416 g/mol. The number of hydrogen-bond donors (Lipinski definition) is 1. The van der Waals surface area contributed by atoms with Crippen LogP contribution in [0, 0.1) is 5.92 Å². The number of nitrogens with one attached hydrogen (secondary N) is 1. The fourth-order valence-corrected chi connectivity index (χ4v) is 5.54. The molecule has 7 nitrogen and oxygen atoms in total. The van der Waals surface area contributed by atoms with Crippen LogP contribution in [0.2, 0.25) is 0 Å². The minimum absolute atomic E-state index is 0.155. The number of H-pyrrole nitrogens is 1. The van der Waals surface area contributed by atoms with Gasteiger partial charge in [-0.1, -0.05) is 6.07 Å². The molecule has 0 spiro atoms. The molecule has 1 saturated heterocycles. The van der Waals surface area contributed by atoms with Crippen molar-refractivity contribution >= 4 is 21.6 Å². The summed E-state index contributed by atoms with van der Waals surface area (Å²) in [6, 6.07) is 6.19. The van der Waals surface area contributed by atoms with Crippen LogP contribution < -0.4 is 4.90 Å². The first-order chi connectivity index (χ1) is 13.9. The summed E-state index contributed by atoms with van der Waals surface area (Å²) in [5.41, 5.74) is 5.34. The van der Waals surface area contributed by atoms with Gasteiger partial charge in [0.25, 0.3) is 0 Å². The molecule has 1 aromatic carbocycles. The lowest BCUT2D eigenvalue weighted by Crippen LogP contribution is -2.39. The van der Waals surface area contributed by atoms with Crippen LogP contribution in [-0.2, 0) is 27.7 Å². The lowest BCUT2D eigenvalue weighted by molar-refractivity contribution is -0.118. The molecule has 0 unspecified atom stereocenters. The Balaban J connectivity index is 1.48. The number of piperidine rings is 1. The number of amides is 1. The van der Waals surface area contributed by atoms with Crippen molar-refractivity contribution in [3.63, 3.8) is 0 Å². The number of sulfonamides is 1. The number of rotatable bonds is 5. The number of fused-ring (bicyclic) bond motifs is 1. The minimum atomic E-state index is -3.09. The van der Waals surface area contributed by atoms with Crippen molar-refractivity contribution in [3.05, 3.63) is 35.5 Å². The Morgan fingerprint density at radius 3 is 2.69 bits per heavy atom. The maximum absolute atomic E-state index is 12.1. The largest absolute Gasteiger partial charge is 0.315 e. The van der Waals surface area contributed by atoms with Gasteiger partial charge in [-0.15, -0.1) is 0 Å². The van der Waals surface area contributed by atoms with E-state index in [-0.39, 0.29) is 11.7 Å². The third kappa shape index (κ3) is 3.96. The topological polar surface area (TPSA) is 86.4 Å². The molecule has 2 aliphatic rings. The number of aromatic amines is 1. The summed E-state index contributed by atoms with van der Waals surface area (Å²) in [6.45, 7) is 2.91. The normalized spacial score (nSPS) is 18.8. The van der Waals surface area contributed by atoms with E-state index in [0.29, 0.717) is 25.4 Å². The Kier molecular flexibility index (Phi) is 5.48. The maximum Gasteiger partial charge on any atom is 0.227 e. The molecule has 0 saturated carbocycles. The van der Waals surface area contributed by atoms with E-state index in [1.165, 1.54) is 11.1 Å². The zero-order chi connectivity index (χ0) is 20.6. The van der Waals surface area contributed by atoms with E-state index in [1.54, 1.807) is 16.1 Å². The molecule has 2 aromatic rings. The summed E-state index contributed by atoms with van der Waals surface area (Å²) in [5.74, 6) is 0.779. The molecule has 0 radical (unpaired) electrons.